The SMILES string of the molecule is O=C(Cc1ccccc1[N+](=O)[O-])OCC1c2ccccc2-c2ccccc21. The number of nitro benzene ring substituents is 1. The summed E-state index contributed by atoms with van der Waals surface area (Å²) in [6, 6.07) is 22.4. The van der Waals surface area contributed by atoms with Crippen molar-refractivity contribution >= 4 is 11.7 Å². The second kappa shape index (κ2) is 7.03. The third-order valence-corrected chi connectivity index (χ3v) is 4.90. The van der Waals surface area contributed by atoms with Crippen molar-refractivity contribution in [3.8, 4) is 11.1 Å². The van der Waals surface area contributed by atoms with E-state index in [4.69, 9.17) is 4.74 Å². The fourth-order valence-corrected chi connectivity index (χ4v) is 3.66. The van der Waals surface area contributed by atoms with E-state index < -0.39 is 10.9 Å². The van der Waals surface area contributed by atoms with Gasteiger partial charge in [-0.25, -0.2) is 0 Å². The lowest BCUT2D eigenvalue weighted by atomic mass is 9.98. The Labute approximate surface area is 156 Å². The lowest BCUT2D eigenvalue weighted by molar-refractivity contribution is -0.385. The van der Waals surface area contributed by atoms with Crippen LogP contribution in [-0.4, -0.2) is 17.5 Å². The van der Waals surface area contributed by atoms with Crippen LogP contribution in [-0.2, 0) is 16.0 Å². The van der Waals surface area contributed by atoms with Gasteiger partial charge in [-0.1, -0.05) is 66.7 Å². The van der Waals surface area contributed by atoms with E-state index in [1.165, 1.54) is 6.07 Å². The molecule has 1 aliphatic carbocycles. The van der Waals surface area contributed by atoms with E-state index in [0.717, 1.165) is 22.3 Å². The van der Waals surface area contributed by atoms with Crippen molar-refractivity contribution in [3.05, 3.63) is 99.6 Å². The maximum Gasteiger partial charge on any atom is 0.310 e. The molecule has 0 radical (unpaired) electrons. The molecule has 0 N–H and O–H groups in total. The molecule has 3 aromatic rings. The first kappa shape index (κ1) is 17.0. The summed E-state index contributed by atoms with van der Waals surface area (Å²) in [4.78, 5) is 22.9. The number of fused-ring (bicyclic) bond motifs is 3. The van der Waals surface area contributed by atoms with E-state index in [9.17, 15) is 14.9 Å². The summed E-state index contributed by atoms with van der Waals surface area (Å²) in [5, 5.41) is 11.1. The van der Waals surface area contributed by atoms with Crippen molar-refractivity contribution in [1.82, 2.24) is 0 Å². The van der Waals surface area contributed by atoms with Gasteiger partial charge in [0.15, 0.2) is 0 Å². The third kappa shape index (κ3) is 3.19. The highest BCUT2D eigenvalue weighted by atomic mass is 16.6. The number of rotatable bonds is 5. The van der Waals surface area contributed by atoms with Crippen molar-refractivity contribution in [1.29, 1.82) is 0 Å². The molecule has 27 heavy (non-hydrogen) atoms. The van der Waals surface area contributed by atoms with Gasteiger partial charge >= 0.3 is 5.97 Å². The molecule has 4 rings (SSSR count). The highest BCUT2D eigenvalue weighted by Crippen LogP contribution is 2.44. The molecule has 0 saturated heterocycles. The quantitative estimate of drug-likeness (QED) is 0.382. The number of benzene rings is 3. The van der Waals surface area contributed by atoms with Crippen molar-refractivity contribution in [2.45, 2.75) is 12.3 Å². The zero-order chi connectivity index (χ0) is 18.8. The molecule has 0 heterocycles. The highest BCUT2D eigenvalue weighted by Gasteiger charge is 2.29. The van der Waals surface area contributed by atoms with Crippen LogP contribution >= 0.6 is 0 Å². The second-order valence-electron chi connectivity index (χ2n) is 6.47. The van der Waals surface area contributed by atoms with E-state index in [1.54, 1.807) is 18.2 Å². The Morgan fingerprint density at radius 3 is 2.07 bits per heavy atom. The number of carbonyl (C=O) groups is 1. The van der Waals surface area contributed by atoms with E-state index in [2.05, 4.69) is 24.3 Å². The molecule has 0 unspecified atom stereocenters. The van der Waals surface area contributed by atoms with Gasteiger partial charge in [-0.2, -0.15) is 0 Å². The van der Waals surface area contributed by atoms with Crippen molar-refractivity contribution in [2.75, 3.05) is 6.61 Å². The lowest BCUT2D eigenvalue weighted by Gasteiger charge is -2.14. The molecule has 5 nitrogen and oxygen atoms in total. The van der Waals surface area contributed by atoms with Crippen LogP contribution in [0.3, 0.4) is 0 Å². The van der Waals surface area contributed by atoms with Crippen LogP contribution in [0, 0.1) is 10.1 Å². The maximum atomic E-state index is 12.3. The number of carbonyl (C=O) groups excluding carboxylic acids is 1. The van der Waals surface area contributed by atoms with Gasteiger partial charge in [-0.15, -0.1) is 0 Å². The maximum absolute atomic E-state index is 12.3. The van der Waals surface area contributed by atoms with E-state index in [-0.39, 0.29) is 24.6 Å². The highest BCUT2D eigenvalue weighted by molar-refractivity contribution is 5.79. The molecule has 0 aromatic heterocycles. The normalized spacial score (nSPS) is 12.3. The molecule has 3 aromatic carbocycles. The minimum atomic E-state index is -0.480. The Morgan fingerprint density at radius 1 is 0.889 bits per heavy atom. The van der Waals surface area contributed by atoms with E-state index in [0.29, 0.717) is 5.56 Å². The van der Waals surface area contributed by atoms with Crippen molar-refractivity contribution in [2.24, 2.45) is 0 Å². The number of ether oxygens (including phenoxy) is 1. The van der Waals surface area contributed by atoms with Crippen LogP contribution < -0.4 is 0 Å². The predicted molar refractivity (Wildman–Crippen MR) is 101 cm³/mol. The van der Waals surface area contributed by atoms with Gasteiger partial charge in [0.1, 0.15) is 6.61 Å². The van der Waals surface area contributed by atoms with Gasteiger partial charge in [-0.05, 0) is 22.3 Å². The molecule has 0 bridgehead atoms. The third-order valence-electron chi connectivity index (χ3n) is 4.90. The second-order valence-corrected chi connectivity index (χ2v) is 6.47. The first-order valence-corrected chi connectivity index (χ1v) is 8.71. The molecule has 0 amide bonds. The Hall–Kier alpha value is -3.47. The smallest absolute Gasteiger partial charge is 0.310 e. The lowest BCUT2D eigenvalue weighted by Crippen LogP contribution is -2.14. The van der Waals surface area contributed by atoms with Gasteiger partial charge in [0, 0.05) is 17.5 Å². The average Bonchev–Trinajstić information content (AvgIpc) is 3.00. The number of hydrogen-bond acceptors (Lipinski definition) is 4. The van der Waals surface area contributed by atoms with Crippen LogP contribution in [0.15, 0.2) is 72.8 Å². The summed E-state index contributed by atoms with van der Waals surface area (Å²) in [5.74, 6) is -0.488. The molecular weight excluding hydrogens is 342 g/mol. The number of hydrogen-bond donors (Lipinski definition) is 0. The molecule has 0 atom stereocenters. The first-order chi connectivity index (χ1) is 13.1. The fourth-order valence-electron chi connectivity index (χ4n) is 3.66. The fraction of sp³-hybridized carbons (Fsp3) is 0.136. The molecule has 0 fully saturated rings. The Balaban J connectivity index is 1.51. The average molecular weight is 359 g/mol. The summed E-state index contributed by atoms with van der Waals surface area (Å²) < 4.78 is 5.52. The molecule has 0 saturated carbocycles. The number of nitro groups is 1. The summed E-state index contributed by atoms with van der Waals surface area (Å²) in [6.45, 7) is 0.216. The van der Waals surface area contributed by atoms with Crippen LogP contribution in [0.25, 0.3) is 11.1 Å². The zero-order valence-corrected chi connectivity index (χ0v) is 14.5. The minimum Gasteiger partial charge on any atom is -0.464 e. The first-order valence-electron chi connectivity index (χ1n) is 8.71. The zero-order valence-electron chi connectivity index (χ0n) is 14.5. The molecule has 0 aliphatic heterocycles. The Kier molecular flexibility index (Phi) is 4.42. The molecule has 5 heteroatoms. The Morgan fingerprint density at radius 2 is 1.44 bits per heavy atom. The number of nitrogens with zero attached hydrogens (tertiary/aromatic N) is 1. The van der Waals surface area contributed by atoms with Crippen LogP contribution in [0.5, 0.6) is 0 Å². The van der Waals surface area contributed by atoms with Gasteiger partial charge in [-0.3, -0.25) is 14.9 Å². The Bertz CT molecular complexity index is 983. The van der Waals surface area contributed by atoms with Gasteiger partial charge in [0.2, 0.25) is 0 Å². The topological polar surface area (TPSA) is 69.4 Å². The summed E-state index contributed by atoms with van der Waals surface area (Å²) in [7, 11) is 0. The summed E-state index contributed by atoms with van der Waals surface area (Å²) >= 11 is 0. The predicted octanol–water partition coefficient (Wildman–Crippen LogP) is 4.49. The number of esters is 1. The van der Waals surface area contributed by atoms with E-state index >= 15 is 0 Å². The van der Waals surface area contributed by atoms with Crippen LogP contribution in [0.1, 0.15) is 22.6 Å². The molecule has 1 aliphatic rings. The summed E-state index contributed by atoms with van der Waals surface area (Å²) in [5.41, 5.74) is 4.89. The van der Waals surface area contributed by atoms with E-state index in [1.807, 2.05) is 24.3 Å². The molecule has 134 valence electrons. The van der Waals surface area contributed by atoms with Gasteiger partial charge in [0.25, 0.3) is 5.69 Å². The van der Waals surface area contributed by atoms with Gasteiger partial charge < -0.3 is 4.74 Å². The van der Waals surface area contributed by atoms with Crippen molar-refractivity contribution < 1.29 is 14.5 Å². The number of para-hydroxylation sites is 1. The standard InChI is InChI=1S/C22H17NO4/c24-22(13-15-7-1-6-12-21(15)23(25)26)27-14-20-18-10-4-2-8-16(18)17-9-3-5-11-19(17)20/h1-12,20H,13-14H2. The largest absolute Gasteiger partial charge is 0.464 e. The van der Waals surface area contributed by atoms with Crippen molar-refractivity contribution in [3.63, 3.8) is 0 Å². The summed E-state index contributed by atoms with van der Waals surface area (Å²) in [6.07, 6.45) is -0.118. The minimum absolute atomic E-state index is 0.0212. The van der Waals surface area contributed by atoms with Crippen LogP contribution in [0.2, 0.25) is 0 Å². The van der Waals surface area contributed by atoms with Crippen LogP contribution in [0.4, 0.5) is 5.69 Å². The monoisotopic (exact) mass is 359 g/mol. The molecule has 0 spiro atoms. The molecular formula is C22H17NO4. The van der Waals surface area contributed by atoms with Gasteiger partial charge in [0.05, 0.1) is 11.3 Å².